The summed E-state index contributed by atoms with van der Waals surface area (Å²) in [6.45, 7) is 3.81. The number of nitrogens with one attached hydrogen (secondary N) is 1. The number of benzene rings is 2. The molecule has 0 unspecified atom stereocenters. The number of rotatable bonds is 4. The quantitative estimate of drug-likeness (QED) is 0.526. The minimum Gasteiger partial charge on any atom is -0.465 e. The Balaban J connectivity index is 2.22. The zero-order valence-corrected chi connectivity index (χ0v) is 14.3. The molecule has 0 atom stereocenters. The van der Waals surface area contributed by atoms with Gasteiger partial charge in [-0.05, 0) is 54.8 Å². The van der Waals surface area contributed by atoms with Gasteiger partial charge in [-0.1, -0.05) is 24.3 Å². The van der Waals surface area contributed by atoms with Crippen molar-refractivity contribution in [3.8, 4) is 6.07 Å². The fraction of sp³-hybridized carbons (Fsp3) is 0.150. The smallest absolute Gasteiger partial charge is 0.337 e. The van der Waals surface area contributed by atoms with Crippen LogP contribution in [-0.2, 0) is 9.53 Å². The maximum Gasteiger partial charge on any atom is 0.337 e. The van der Waals surface area contributed by atoms with Crippen molar-refractivity contribution in [2.24, 2.45) is 0 Å². The zero-order valence-electron chi connectivity index (χ0n) is 14.3. The number of nitriles is 1. The first kappa shape index (κ1) is 18.0. The van der Waals surface area contributed by atoms with E-state index in [0.29, 0.717) is 16.8 Å². The monoisotopic (exact) mass is 334 g/mol. The molecule has 0 saturated carbocycles. The van der Waals surface area contributed by atoms with Crippen molar-refractivity contribution in [3.05, 3.63) is 70.3 Å². The SMILES string of the molecule is COC(=O)c1ccc(/C=C(\C#N)C(=O)Nc2cc(C)ccc2C)cc1. The number of nitrogens with zero attached hydrogens (tertiary/aromatic N) is 1. The summed E-state index contributed by atoms with van der Waals surface area (Å²) in [5, 5.41) is 12.0. The van der Waals surface area contributed by atoms with Crippen LogP contribution in [0.3, 0.4) is 0 Å². The minimum atomic E-state index is -0.478. The maximum absolute atomic E-state index is 12.4. The molecule has 0 spiro atoms. The van der Waals surface area contributed by atoms with E-state index >= 15 is 0 Å². The molecule has 1 N–H and O–H groups in total. The van der Waals surface area contributed by atoms with Crippen molar-refractivity contribution < 1.29 is 14.3 Å². The molecule has 0 bridgehead atoms. The predicted octanol–water partition coefficient (Wildman–Crippen LogP) is 3.64. The molecule has 5 heteroatoms. The van der Waals surface area contributed by atoms with Crippen LogP contribution in [0.2, 0.25) is 0 Å². The van der Waals surface area contributed by atoms with E-state index in [9.17, 15) is 14.9 Å². The topological polar surface area (TPSA) is 79.2 Å². The normalized spacial score (nSPS) is 10.7. The van der Waals surface area contributed by atoms with Crippen molar-refractivity contribution >= 4 is 23.6 Å². The van der Waals surface area contributed by atoms with Gasteiger partial charge in [-0.2, -0.15) is 5.26 Å². The number of amides is 1. The summed E-state index contributed by atoms with van der Waals surface area (Å²) >= 11 is 0. The Labute approximate surface area is 146 Å². The van der Waals surface area contributed by atoms with E-state index in [2.05, 4.69) is 10.1 Å². The van der Waals surface area contributed by atoms with E-state index in [0.717, 1.165) is 11.1 Å². The standard InChI is InChI=1S/C20H18N2O3/c1-13-4-5-14(2)18(10-13)22-19(23)17(12-21)11-15-6-8-16(9-7-15)20(24)25-3/h4-11H,1-3H3,(H,22,23)/b17-11+. The minimum absolute atomic E-state index is 0.0216. The highest BCUT2D eigenvalue weighted by atomic mass is 16.5. The van der Waals surface area contributed by atoms with Gasteiger partial charge in [-0.3, -0.25) is 4.79 Å². The first-order valence-corrected chi connectivity index (χ1v) is 7.63. The van der Waals surface area contributed by atoms with Crippen molar-refractivity contribution in [2.75, 3.05) is 12.4 Å². The van der Waals surface area contributed by atoms with Crippen LogP contribution in [0.1, 0.15) is 27.0 Å². The first-order chi connectivity index (χ1) is 11.9. The Hall–Kier alpha value is -3.39. The Morgan fingerprint density at radius 3 is 2.40 bits per heavy atom. The van der Waals surface area contributed by atoms with Crippen LogP contribution in [0, 0.1) is 25.2 Å². The number of aryl methyl sites for hydroxylation is 2. The van der Waals surface area contributed by atoms with E-state index in [1.54, 1.807) is 24.3 Å². The van der Waals surface area contributed by atoms with Crippen LogP contribution in [-0.4, -0.2) is 19.0 Å². The van der Waals surface area contributed by atoms with Gasteiger partial charge in [0.25, 0.3) is 5.91 Å². The Kier molecular flexibility index (Phi) is 5.70. The number of hydrogen-bond acceptors (Lipinski definition) is 4. The molecule has 5 nitrogen and oxygen atoms in total. The largest absolute Gasteiger partial charge is 0.465 e. The molecular weight excluding hydrogens is 316 g/mol. The summed E-state index contributed by atoms with van der Waals surface area (Å²) in [7, 11) is 1.31. The molecule has 25 heavy (non-hydrogen) atoms. The van der Waals surface area contributed by atoms with Gasteiger partial charge in [0.05, 0.1) is 12.7 Å². The summed E-state index contributed by atoms with van der Waals surface area (Å²) < 4.78 is 4.63. The molecule has 0 saturated heterocycles. The Morgan fingerprint density at radius 1 is 1.12 bits per heavy atom. The van der Waals surface area contributed by atoms with Crippen LogP contribution >= 0.6 is 0 Å². The average Bonchev–Trinajstić information content (AvgIpc) is 2.62. The maximum atomic E-state index is 12.4. The number of methoxy groups -OCH3 is 1. The summed E-state index contributed by atoms with van der Waals surface area (Å²) in [5.41, 5.74) is 3.62. The van der Waals surface area contributed by atoms with E-state index in [1.807, 2.05) is 38.1 Å². The van der Waals surface area contributed by atoms with Crippen LogP contribution in [0.4, 0.5) is 5.69 Å². The number of esters is 1. The van der Waals surface area contributed by atoms with Crippen molar-refractivity contribution in [1.82, 2.24) is 0 Å². The second kappa shape index (κ2) is 7.93. The second-order valence-corrected chi connectivity index (χ2v) is 5.56. The lowest BCUT2D eigenvalue weighted by Gasteiger charge is -2.09. The number of carbonyl (C=O) groups is 2. The molecule has 2 rings (SSSR count). The Morgan fingerprint density at radius 2 is 1.80 bits per heavy atom. The molecule has 126 valence electrons. The van der Waals surface area contributed by atoms with Gasteiger partial charge < -0.3 is 10.1 Å². The molecule has 0 aliphatic heterocycles. The number of anilines is 1. The van der Waals surface area contributed by atoms with Gasteiger partial charge in [0.15, 0.2) is 0 Å². The molecule has 0 aromatic heterocycles. The lowest BCUT2D eigenvalue weighted by atomic mass is 10.1. The van der Waals surface area contributed by atoms with Gasteiger partial charge in [-0.25, -0.2) is 4.79 Å². The average molecular weight is 334 g/mol. The van der Waals surface area contributed by atoms with E-state index in [4.69, 9.17) is 0 Å². The highest BCUT2D eigenvalue weighted by molar-refractivity contribution is 6.10. The molecule has 1 amide bonds. The third-order valence-corrected chi connectivity index (χ3v) is 3.65. The third-order valence-electron chi connectivity index (χ3n) is 3.65. The summed E-state index contributed by atoms with van der Waals surface area (Å²) in [6, 6.07) is 14.1. The van der Waals surface area contributed by atoms with Gasteiger partial charge >= 0.3 is 5.97 Å². The van der Waals surface area contributed by atoms with Gasteiger partial charge in [0.2, 0.25) is 0 Å². The van der Waals surface area contributed by atoms with Crippen LogP contribution < -0.4 is 5.32 Å². The van der Waals surface area contributed by atoms with E-state index in [-0.39, 0.29) is 5.57 Å². The fourth-order valence-corrected chi connectivity index (χ4v) is 2.21. The van der Waals surface area contributed by atoms with Crippen LogP contribution in [0.25, 0.3) is 6.08 Å². The second-order valence-electron chi connectivity index (χ2n) is 5.56. The molecule has 0 aliphatic carbocycles. The van der Waals surface area contributed by atoms with Gasteiger partial charge in [0.1, 0.15) is 11.6 Å². The molecule has 0 aliphatic rings. The van der Waals surface area contributed by atoms with Gasteiger partial charge in [-0.15, -0.1) is 0 Å². The van der Waals surface area contributed by atoms with Crippen molar-refractivity contribution in [1.29, 1.82) is 5.26 Å². The molecule has 0 fully saturated rings. The van der Waals surface area contributed by atoms with E-state index in [1.165, 1.54) is 13.2 Å². The predicted molar refractivity (Wildman–Crippen MR) is 95.9 cm³/mol. The van der Waals surface area contributed by atoms with E-state index < -0.39 is 11.9 Å². The van der Waals surface area contributed by atoms with Crippen molar-refractivity contribution in [2.45, 2.75) is 13.8 Å². The van der Waals surface area contributed by atoms with Crippen LogP contribution in [0.15, 0.2) is 48.0 Å². The lowest BCUT2D eigenvalue weighted by molar-refractivity contribution is -0.112. The third kappa shape index (κ3) is 4.55. The molecule has 0 radical (unpaired) electrons. The number of hydrogen-bond donors (Lipinski definition) is 1. The summed E-state index contributed by atoms with van der Waals surface area (Å²) in [5.74, 6) is -0.919. The highest BCUT2D eigenvalue weighted by Crippen LogP contribution is 2.18. The first-order valence-electron chi connectivity index (χ1n) is 7.63. The van der Waals surface area contributed by atoms with Gasteiger partial charge in [0, 0.05) is 5.69 Å². The van der Waals surface area contributed by atoms with Crippen LogP contribution in [0.5, 0.6) is 0 Å². The number of ether oxygens (including phenoxy) is 1. The number of carbonyl (C=O) groups excluding carboxylic acids is 2. The molecule has 2 aromatic carbocycles. The summed E-state index contributed by atoms with van der Waals surface area (Å²) in [6.07, 6.45) is 1.47. The fourth-order valence-electron chi connectivity index (χ4n) is 2.21. The molecule has 2 aromatic rings. The van der Waals surface area contributed by atoms with Crippen molar-refractivity contribution in [3.63, 3.8) is 0 Å². The summed E-state index contributed by atoms with van der Waals surface area (Å²) in [4.78, 5) is 23.8. The highest BCUT2D eigenvalue weighted by Gasteiger charge is 2.11. The zero-order chi connectivity index (χ0) is 18.4. The lowest BCUT2D eigenvalue weighted by Crippen LogP contribution is -2.14. The molecular formula is C20H18N2O3. The Bertz CT molecular complexity index is 875. The molecule has 0 heterocycles.